The van der Waals surface area contributed by atoms with Crippen LogP contribution < -0.4 is 0 Å². The summed E-state index contributed by atoms with van der Waals surface area (Å²) < 4.78 is 4.99. The summed E-state index contributed by atoms with van der Waals surface area (Å²) in [6.45, 7) is 8.57. The lowest BCUT2D eigenvalue weighted by atomic mass is 9.45. The fraction of sp³-hybridized carbons (Fsp3) is 0.750. The van der Waals surface area contributed by atoms with Crippen molar-refractivity contribution in [3.63, 3.8) is 0 Å². The predicted octanol–water partition coefficient (Wildman–Crippen LogP) is 1.96. The third kappa shape index (κ3) is 2.96. The molecule has 0 aromatic heterocycles. The van der Waals surface area contributed by atoms with Gasteiger partial charge >= 0.3 is 5.97 Å². The van der Waals surface area contributed by atoms with E-state index in [9.17, 15) is 20.1 Å². The predicted molar refractivity (Wildman–Crippen MR) is 93.6 cm³/mol. The Labute approximate surface area is 149 Å². The smallest absolute Gasteiger partial charge is 0.331 e. The van der Waals surface area contributed by atoms with Crippen molar-refractivity contribution in [2.24, 2.45) is 22.7 Å². The molecule has 2 fully saturated rings. The van der Waals surface area contributed by atoms with E-state index in [2.05, 4.69) is 13.5 Å². The second-order valence-corrected chi connectivity index (χ2v) is 8.64. The van der Waals surface area contributed by atoms with Gasteiger partial charge in [-0.3, -0.25) is 0 Å². The van der Waals surface area contributed by atoms with Gasteiger partial charge in [0.15, 0.2) is 0 Å². The van der Waals surface area contributed by atoms with Crippen molar-refractivity contribution < 1.29 is 24.9 Å². The minimum Gasteiger partial charge on any atom is -0.458 e. The van der Waals surface area contributed by atoms with Crippen LogP contribution in [0.3, 0.4) is 0 Å². The van der Waals surface area contributed by atoms with Gasteiger partial charge in [-0.15, -0.1) is 0 Å². The molecule has 6 atom stereocenters. The summed E-state index contributed by atoms with van der Waals surface area (Å²) in [4.78, 5) is 11.3. The SMILES string of the molecule is C=C1CC[C@H]2[C@@](C)(C[C@H](O)[C@@H](O)[C@]2(C)CO)[C@@H]1CCC1=CC(=O)OC1. The van der Waals surface area contributed by atoms with E-state index < -0.39 is 17.6 Å². The number of esters is 1. The Balaban J connectivity index is 1.86. The zero-order valence-corrected chi connectivity index (χ0v) is 15.2. The average molecular weight is 350 g/mol. The molecular formula is C20H30O5. The average Bonchev–Trinajstić information content (AvgIpc) is 2.97. The molecule has 3 aliphatic rings. The highest BCUT2D eigenvalue weighted by Gasteiger charge is 2.60. The second-order valence-electron chi connectivity index (χ2n) is 8.64. The van der Waals surface area contributed by atoms with E-state index in [0.717, 1.165) is 31.3 Å². The van der Waals surface area contributed by atoms with E-state index in [1.54, 1.807) is 6.08 Å². The lowest BCUT2D eigenvalue weighted by Gasteiger charge is -2.61. The number of carbonyl (C=O) groups excluding carboxylic acids is 1. The number of aliphatic hydroxyl groups is 3. The van der Waals surface area contributed by atoms with Crippen LogP contribution in [-0.2, 0) is 9.53 Å². The maximum atomic E-state index is 11.3. The van der Waals surface area contributed by atoms with Gasteiger partial charge in [0.05, 0.1) is 18.8 Å². The molecule has 0 saturated heterocycles. The van der Waals surface area contributed by atoms with Crippen LogP contribution in [0.1, 0.15) is 46.0 Å². The minimum atomic E-state index is -0.911. The number of aliphatic hydroxyl groups excluding tert-OH is 3. The van der Waals surface area contributed by atoms with Gasteiger partial charge in [-0.1, -0.05) is 26.0 Å². The molecule has 2 saturated carbocycles. The summed E-state index contributed by atoms with van der Waals surface area (Å²) in [5.74, 6) is 0.0378. The number of allylic oxidation sites excluding steroid dienone is 1. The highest BCUT2D eigenvalue weighted by atomic mass is 16.5. The number of hydrogen-bond acceptors (Lipinski definition) is 5. The minimum absolute atomic E-state index is 0.120. The van der Waals surface area contributed by atoms with Gasteiger partial charge in [0.2, 0.25) is 0 Å². The summed E-state index contributed by atoms with van der Waals surface area (Å²) in [6.07, 6.45) is 3.68. The maximum absolute atomic E-state index is 11.3. The summed E-state index contributed by atoms with van der Waals surface area (Å²) in [5.41, 5.74) is 1.24. The van der Waals surface area contributed by atoms with Crippen LogP contribution in [0.4, 0.5) is 0 Å². The molecule has 140 valence electrons. The lowest BCUT2D eigenvalue weighted by molar-refractivity contribution is -0.200. The maximum Gasteiger partial charge on any atom is 0.331 e. The molecule has 0 bridgehead atoms. The van der Waals surface area contributed by atoms with Gasteiger partial charge in [0.1, 0.15) is 6.61 Å². The molecule has 25 heavy (non-hydrogen) atoms. The Morgan fingerprint density at radius 3 is 2.68 bits per heavy atom. The van der Waals surface area contributed by atoms with Crippen LogP contribution in [0.25, 0.3) is 0 Å². The van der Waals surface area contributed by atoms with Gasteiger partial charge in [0.25, 0.3) is 0 Å². The van der Waals surface area contributed by atoms with Crippen LogP contribution in [0.15, 0.2) is 23.8 Å². The van der Waals surface area contributed by atoms with Crippen molar-refractivity contribution in [2.75, 3.05) is 13.2 Å². The first-order valence-electron chi connectivity index (χ1n) is 9.23. The molecular weight excluding hydrogens is 320 g/mol. The molecule has 0 amide bonds. The summed E-state index contributed by atoms with van der Waals surface area (Å²) in [5, 5.41) is 31.1. The van der Waals surface area contributed by atoms with Crippen molar-refractivity contribution in [2.45, 2.75) is 58.2 Å². The molecule has 0 aromatic rings. The second kappa shape index (κ2) is 6.53. The Morgan fingerprint density at radius 2 is 2.08 bits per heavy atom. The van der Waals surface area contributed by atoms with E-state index in [4.69, 9.17) is 4.74 Å². The number of carbonyl (C=O) groups is 1. The Kier molecular flexibility index (Phi) is 4.86. The molecule has 0 spiro atoms. The molecule has 0 radical (unpaired) electrons. The van der Waals surface area contributed by atoms with Gasteiger partial charge in [-0.05, 0) is 54.9 Å². The normalized spacial score (nSPS) is 44.3. The molecule has 2 aliphatic carbocycles. The van der Waals surface area contributed by atoms with Crippen molar-refractivity contribution in [3.05, 3.63) is 23.8 Å². The largest absolute Gasteiger partial charge is 0.458 e. The molecule has 0 unspecified atom stereocenters. The van der Waals surface area contributed by atoms with Crippen molar-refractivity contribution >= 4 is 5.97 Å². The Hall–Kier alpha value is -1.17. The zero-order valence-electron chi connectivity index (χ0n) is 15.2. The first-order valence-corrected chi connectivity index (χ1v) is 9.23. The zero-order chi connectivity index (χ0) is 18.4. The molecule has 1 aliphatic heterocycles. The van der Waals surface area contributed by atoms with E-state index in [0.29, 0.717) is 13.0 Å². The van der Waals surface area contributed by atoms with Crippen LogP contribution in [0.5, 0.6) is 0 Å². The third-order valence-corrected chi connectivity index (χ3v) is 7.14. The molecule has 1 heterocycles. The Bertz CT molecular complexity index is 597. The van der Waals surface area contributed by atoms with Crippen LogP contribution >= 0.6 is 0 Å². The van der Waals surface area contributed by atoms with E-state index in [1.165, 1.54) is 5.57 Å². The topological polar surface area (TPSA) is 87.0 Å². The summed E-state index contributed by atoms with van der Waals surface area (Å²) in [6, 6.07) is 0. The first-order chi connectivity index (χ1) is 11.7. The van der Waals surface area contributed by atoms with Crippen LogP contribution in [0.2, 0.25) is 0 Å². The quantitative estimate of drug-likeness (QED) is 0.533. The van der Waals surface area contributed by atoms with E-state index in [-0.39, 0.29) is 29.8 Å². The fourth-order valence-corrected chi connectivity index (χ4v) is 5.74. The molecule has 3 N–H and O–H groups in total. The van der Waals surface area contributed by atoms with Gasteiger partial charge in [-0.2, -0.15) is 0 Å². The van der Waals surface area contributed by atoms with Crippen molar-refractivity contribution in [1.29, 1.82) is 0 Å². The molecule has 5 heteroatoms. The van der Waals surface area contributed by atoms with Gasteiger partial charge < -0.3 is 20.1 Å². The third-order valence-electron chi connectivity index (χ3n) is 7.14. The first kappa shape index (κ1) is 18.6. The fourth-order valence-electron chi connectivity index (χ4n) is 5.74. The van der Waals surface area contributed by atoms with E-state index >= 15 is 0 Å². The van der Waals surface area contributed by atoms with Crippen LogP contribution in [0, 0.1) is 22.7 Å². The monoisotopic (exact) mass is 350 g/mol. The lowest BCUT2D eigenvalue weighted by Crippen LogP contribution is -2.62. The summed E-state index contributed by atoms with van der Waals surface area (Å²) in [7, 11) is 0. The van der Waals surface area contributed by atoms with E-state index in [1.807, 2.05) is 6.92 Å². The molecule has 3 rings (SSSR count). The van der Waals surface area contributed by atoms with Crippen LogP contribution in [-0.4, -0.2) is 46.7 Å². The highest BCUT2D eigenvalue weighted by Crippen LogP contribution is 2.61. The molecule has 5 nitrogen and oxygen atoms in total. The van der Waals surface area contributed by atoms with Gasteiger partial charge in [-0.25, -0.2) is 4.79 Å². The number of rotatable bonds is 4. The molecule has 0 aromatic carbocycles. The standard InChI is InChI=1S/C20H30O5/c1-12-4-7-16-19(2,9-15(22)18(24)20(16,3)11-21)14(12)6-5-13-8-17(23)25-10-13/h8,14-16,18,21-22,24H,1,4-7,9-11H2,2-3H3/t14-,15+,16+,18-,19+,20-/m1/s1. The number of hydrogen-bond donors (Lipinski definition) is 3. The van der Waals surface area contributed by atoms with Crippen molar-refractivity contribution in [1.82, 2.24) is 0 Å². The number of ether oxygens (including phenoxy) is 1. The Morgan fingerprint density at radius 1 is 1.36 bits per heavy atom. The highest BCUT2D eigenvalue weighted by molar-refractivity contribution is 5.85. The van der Waals surface area contributed by atoms with Gasteiger partial charge in [0, 0.05) is 11.5 Å². The number of cyclic esters (lactones) is 1. The summed E-state index contributed by atoms with van der Waals surface area (Å²) >= 11 is 0. The number of fused-ring (bicyclic) bond motifs is 1. The van der Waals surface area contributed by atoms with Crippen molar-refractivity contribution in [3.8, 4) is 0 Å².